The first-order valence-corrected chi connectivity index (χ1v) is 16.2. The van der Waals surface area contributed by atoms with Gasteiger partial charge >= 0.3 is 10.9 Å². The Kier molecular flexibility index (Phi) is 8.24. The monoisotopic (exact) mass is 610 g/mol. The second-order valence-electron chi connectivity index (χ2n) is 11.2. The number of rotatable bonds is 9. The van der Waals surface area contributed by atoms with E-state index in [2.05, 4.69) is 9.79 Å². The molecular formula is C30H34N4O8S. The van der Waals surface area contributed by atoms with E-state index in [-0.39, 0.29) is 53.3 Å². The third-order valence-corrected chi connectivity index (χ3v) is 10.2. The summed E-state index contributed by atoms with van der Waals surface area (Å²) in [6.45, 7) is 1.53. The highest BCUT2D eigenvalue weighted by Gasteiger charge is 2.40. The molecule has 1 atom stereocenters. The minimum Gasteiger partial charge on any atom is -0.493 e. The highest BCUT2D eigenvalue weighted by Crippen LogP contribution is 2.36. The van der Waals surface area contributed by atoms with Crippen molar-refractivity contribution >= 4 is 21.7 Å². The lowest BCUT2D eigenvalue weighted by molar-refractivity contribution is -0.832. The molecule has 2 aliphatic heterocycles. The van der Waals surface area contributed by atoms with Crippen molar-refractivity contribution < 1.29 is 37.0 Å². The number of amides is 2. The smallest absolute Gasteiger partial charge is 0.414 e. The first-order chi connectivity index (χ1) is 20.8. The summed E-state index contributed by atoms with van der Waals surface area (Å²) in [5.41, 5.74) is 2.13. The van der Waals surface area contributed by atoms with Gasteiger partial charge in [-0.1, -0.05) is 43.5 Å². The predicted molar refractivity (Wildman–Crippen MR) is 151 cm³/mol. The summed E-state index contributed by atoms with van der Waals surface area (Å²) < 4.78 is 41.8. The fourth-order valence-electron chi connectivity index (χ4n) is 6.22. The second kappa shape index (κ2) is 12.2. The number of carbonyl (C=O) groups is 2. The van der Waals surface area contributed by atoms with Crippen molar-refractivity contribution in [2.24, 2.45) is 5.92 Å². The maximum atomic E-state index is 13.3. The molecule has 3 aromatic rings. The Morgan fingerprint density at radius 3 is 2.63 bits per heavy atom. The van der Waals surface area contributed by atoms with Crippen LogP contribution in [0.15, 0.2) is 63.1 Å². The van der Waals surface area contributed by atoms with E-state index in [4.69, 9.17) is 9.47 Å². The van der Waals surface area contributed by atoms with Crippen LogP contribution in [0.1, 0.15) is 55.7 Å². The molecule has 0 N–H and O–H groups in total. The van der Waals surface area contributed by atoms with E-state index < -0.39 is 20.7 Å². The zero-order chi connectivity index (χ0) is 30.0. The summed E-state index contributed by atoms with van der Waals surface area (Å²) in [6.07, 6.45) is 6.20. The van der Waals surface area contributed by atoms with Crippen LogP contribution in [0.25, 0.3) is 0 Å². The van der Waals surface area contributed by atoms with Gasteiger partial charge in [-0.25, -0.2) is 8.42 Å². The van der Waals surface area contributed by atoms with Crippen LogP contribution in [-0.4, -0.2) is 68.0 Å². The zero-order valence-electron chi connectivity index (χ0n) is 23.7. The Morgan fingerprint density at radius 2 is 1.84 bits per heavy atom. The maximum absolute atomic E-state index is 13.3. The van der Waals surface area contributed by atoms with Crippen LogP contribution < -0.4 is 14.4 Å². The van der Waals surface area contributed by atoms with Crippen molar-refractivity contribution in [2.75, 3.05) is 32.8 Å². The van der Waals surface area contributed by atoms with E-state index >= 15 is 0 Å². The molecule has 13 heteroatoms. The first kappa shape index (κ1) is 29.0. The van der Waals surface area contributed by atoms with Gasteiger partial charge in [0, 0.05) is 25.4 Å². The molecule has 1 aliphatic carbocycles. The third-order valence-electron chi connectivity index (χ3n) is 8.43. The van der Waals surface area contributed by atoms with Crippen molar-refractivity contribution in [3.8, 4) is 11.6 Å². The van der Waals surface area contributed by atoms with Gasteiger partial charge in [-0.2, -0.15) is 0 Å². The van der Waals surface area contributed by atoms with Gasteiger partial charge in [0.05, 0.1) is 35.9 Å². The SMILES string of the molecule is O=C(C1CCCCC1)N1CC(=O)N2CCc3ccc(OCCCOc4no[n+]([O-])c4S(=O)(=O)c4ccccc4)cc3C2C1. The molecule has 2 aromatic carbocycles. The molecule has 43 heavy (non-hydrogen) atoms. The fourth-order valence-corrected chi connectivity index (χ4v) is 7.52. The molecule has 6 rings (SSSR count). The number of piperazine rings is 1. The quantitative estimate of drug-likeness (QED) is 0.264. The Balaban J connectivity index is 1.07. The van der Waals surface area contributed by atoms with Crippen LogP contribution >= 0.6 is 0 Å². The fraction of sp³-hybridized carbons (Fsp3) is 0.467. The van der Waals surface area contributed by atoms with Crippen molar-refractivity contribution in [3.05, 3.63) is 64.9 Å². The molecule has 2 fully saturated rings. The minimum absolute atomic E-state index is 0.0126. The largest absolute Gasteiger partial charge is 0.493 e. The van der Waals surface area contributed by atoms with Crippen molar-refractivity contribution in [1.29, 1.82) is 0 Å². The van der Waals surface area contributed by atoms with Crippen molar-refractivity contribution in [3.63, 3.8) is 0 Å². The molecule has 3 aliphatic rings. The van der Waals surface area contributed by atoms with Gasteiger partial charge in [0.15, 0.2) is 0 Å². The van der Waals surface area contributed by atoms with Crippen LogP contribution in [-0.2, 0) is 25.8 Å². The number of hydrogen-bond donors (Lipinski definition) is 0. The minimum atomic E-state index is -4.20. The third kappa shape index (κ3) is 5.90. The van der Waals surface area contributed by atoms with Crippen molar-refractivity contribution in [2.45, 2.75) is 60.9 Å². The Hall–Kier alpha value is -4.13. The normalized spacial score (nSPS) is 19.1. The number of ether oxygens (including phenoxy) is 2. The Labute approximate surface area is 249 Å². The number of benzene rings is 2. The average molecular weight is 611 g/mol. The summed E-state index contributed by atoms with van der Waals surface area (Å²) in [4.78, 5) is 29.7. The lowest BCUT2D eigenvalue weighted by atomic mass is 9.86. The van der Waals surface area contributed by atoms with Crippen LogP contribution in [0.2, 0.25) is 0 Å². The van der Waals surface area contributed by atoms with E-state index in [9.17, 15) is 23.2 Å². The predicted octanol–water partition coefficient (Wildman–Crippen LogP) is 2.84. The molecule has 12 nitrogen and oxygen atoms in total. The number of fused-ring (bicyclic) bond motifs is 3. The number of nitrogens with zero attached hydrogens (tertiary/aromatic N) is 4. The van der Waals surface area contributed by atoms with Gasteiger partial charge in [-0.05, 0) is 59.6 Å². The van der Waals surface area contributed by atoms with Gasteiger partial charge in [0.2, 0.25) is 11.8 Å². The second-order valence-corrected chi connectivity index (χ2v) is 13.0. The van der Waals surface area contributed by atoms with E-state index in [0.717, 1.165) is 43.2 Å². The molecule has 1 saturated carbocycles. The summed E-state index contributed by atoms with van der Waals surface area (Å²) in [5, 5.41) is 14.8. The van der Waals surface area contributed by atoms with Gasteiger partial charge < -0.3 is 24.5 Å². The Morgan fingerprint density at radius 1 is 1.07 bits per heavy atom. The maximum Gasteiger partial charge on any atom is 0.414 e. The molecule has 0 spiro atoms. The summed E-state index contributed by atoms with van der Waals surface area (Å²) >= 11 is 0. The molecule has 3 heterocycles. The lowest BCUT2D eigenvalue weighted by Crippen LogP contribution is -2.56. The highest BCUT2D eigenvalue weighted by atomic mass is 32.2. The van der Waals surface area contributed by atoms with E-state index in [0.29, 0.717) is 25.3 Å². The number of hydrogen-bond acceptors (Lipinski definition) is 9. The van der Waals surface area contributed by atoms with Crippen LogP contribution in [0.4, 0.5) is 0 Å². The van der Waals surface area contributed by atoms with Crippen LogP contribution in [0.3, 0.4) is 0 Å². The van der Waals surface area contributed by atoms with E-state index in [1.807, 2.05) is 23.1 Å². The van der Waals surface area contributed by atoms with Gasteiger partial charge in [-0.15, -0.1) is 0 Å². The molecule has 0 bridgehead atoms. The lowest BCUT2D eigenvalue weighted by Gasteiger charge is -2.45. The summed E-state index contributed by atoms with van der Waals surface area (Å²) in [7, 11) is -4.20. The molecule has 1 saturated heterocycles. The van der Waals surface area contributed by atoms with Gasteiger partial charge in [0.25, 0.3) is 9.84 Å². The first-order valence-electron chi connectivity index (χ1n) is 14.7. The standard InChI is InChI=1S/C30H34N4O8S/c35-27-20-32(29(36)22-8-3-1-4-9-22)19-26-25-18-23(13-12-21(25)14-15-33(26)27)40-16-7-17-41-28-30(34(37)42-31-28)43(38,39)24-10-5-2-6-11-24/h2,5-6,10-13,18,22,26H,1,3-4,7-9,14-17,19-20H2. The number of aromatic nitrogens is 2. The number of carbonyl (C=O) groups excluding carboxylic acids is 2. The van der Waals surface area contributed by atoms with Crippen LogP contribution in [0.5, 0.6) is 11.6 Å². The molecule has 1 unspecified atom stereocenters. The van der Waals surface area contributed by atoms with Gasteiger partial charge in [-0.3, -0.25) is 14.2 Å². The van der Waals surface area contributed by atoms with E-state index in [1.165, 1.54) is 18.6 Å². The van der Waals surface area contributed by atoms with Gasteiger partial charge in [0.1, 0.15) is 5.75 Å². The Bertz CT molecular complexity index is 1590. The topological polar surface area (TPSA) is 146 Å². The van der Waals surface area contributed by atoms with Crippen LogP contribution in [0, 0.1) is 11.1 Å². The summed E-state index contributed by atoms with van der Waals surface area (Å²) in [6, 6.07) is 13.1. The molecule has 2 amide bonds. The molecular weight excluding hydrogens is 576 g/mol. The molecule has 1 aromatic heterocycles. The van der Waals surface area contributed by atoms with E-state index in [1.54, 1.807) is 23.1 Å². The average Bonchev–Trinajstić information content (AvgIpc) is 3.41. The number of sulfone groups is 1. The summed E-state index contributed by atoms with van der Waals surface area (Å²) in [5.74, 6) is 0.299. The zero-order valence-corrected chi connectivity index (χ0v) is 24.5. The van der Waals surface area contributed by atoms with Crippen molar-refractivity contribution in [1.82, 2.24) is 15.0 Å². The molecule has 228 valence electrons. The molecule has 0 radical (unpaired) electrons. The highest BCUT2D eigenvalue weighted by molar-refractivity contribution is 7.91.